The number of pyridine rings is 2. The summed E-state index contributed by atoms with van der Waals surface area (Å²) in [6, 6.07) is 14.0. The molecular weight excluding hydrogens is 458 g/mol. The molecule has 9 heteroatoms. The number of aromatic nitrogens is 2. The first kappa shape index (κ1) is 24.3. The quantitative estimate of drug-likeness (QED) is 0.418. The molecule has 1 aromatic carbocycles. The molecule has 1 fully saturated rings. The van der Waals surface area contributed by atoms with Crippen LogP contribution in [0.5, 0.6) is 11.8 Å². The van der Waals surface area contributed by atoms with Crippen LogP contribution in [-0.4, -0.2) is 78.4 Å². The van der Waals surface area contributed by atoms with E-state index < -0.39 is 0 Å². The summed E-state index contributed by atoms with van der Waals surface area (Å²) in [5.74, 6) is 1.76. The van der Waals surface area contributed by atoms with E-state index in [1.807, 2.05) is 24.3 Å². The number of carbonyl (C=O) groups excluding carboxylic acids is 1. The molecule has 0 radical (unpaired) electrons. The lowest BCUT2D eigenvalue weighted by Crippen LogP contribution is -2.46. The van der Waals surface area contributed by atoms with Crippen LogP contribution in [0, 0.1) is 0 Å². The van der Waals surface area contributed by atoms with E-state index in [0.29, 0.717) is 30.6 Å². The summed E-state index contributed by atoms with van der Waals surface area (Å²) in [7, 11) is 0. The van der Waals surface area contributed by atoms with Gasteiger partial charge < -0.3 is 24.8 Å². The largest absolute Gasteiger partial charge is 0.478 e. The molecule has 1 amide bonds. The van der Waals surface area contributed by atoms with Crippen LogP contribution in [0.4, 0.5) is 11.5 Å². The molecule has 1 saturated heterocycles. The number of aliphatic hydroxyl groups excluding tert-OH is 1. The van der Waals surface area contributed by atoms with Crippen molar-refractivity contribution < 1.29 is 19.4 Å². The molecule has 4 heterocycles. The van der Waals surface area contributed by atoms with Gasteiger partial charge in [-0.3, -0.25) is 9.69 Å². The minimum absolute atomic E-state index is 0.0146. The number of amides is 1. The van der Waals surface area contributed by atoms with Crippen LogP contribution in [0.25, 0.3) is 10.9 Å². The van der Waals surface area contributed by atoms with Crippen LogP contribution in [0.2, 0.25) is 0 Å². The molecule has 0 atom stereocenters. The normalized spacial score (nSPS) is 16.0. The maximum Gasteiger partial charge on any atom is 0.225 e. The Morgan fingerprint density at radius 2 is 1.69 bits per heavy atom. The van der Waals surface area contributed by atoms with Crippen molar-refractivity contribution in [1.29, 1.82) is 0 Å². The zero-order valence-corrected chi connectivity index (χ0v) is 20.5. The topological polar surface area (TPSA) is 100 Å². The Morgan fingerprint density at radius 3 is 2.56 bits per heavy atom. The second-order valence-corrected chi connectivity index (χ2v) is 9.16. The Labute approximate surface area is 211 Å². The van der Waals surface area contributed by atoms with E-state index in [2.05, 4.69) is 38.3 Å². The van der Waals surface area contributed by atoms with Gasteiger partial charge in [0.25, 0.3) is 0 Å². The fourth-order valence-electron chi connectivity index (χ4n) is 4.73. The zero-order valence-electron chi connectivity index (χ0n) is 20.5. The maximum atomic E-state index is 11.6. The SMILES string of the molecule is O=C1CCc2ccc(OCCCCN3CCN(c4cccc5ccc(OCCO)nc45)CC3)nc2N1. The van der Waals surface area contributed by atoms with Gasteiger partial charge in [-0.15, -0.1) is 0 Å². The molecule has 3 aromatic rings. The van der Waals surface area contributed by atoms with Gasteiger partial charge in [0, 0.05) is 50.1 Å². The van der Waals surface area contributed by atoms with Gasteiger partial charge in [-0.1, -0.05) is 12.1 Å². The molecule has 0 bridgehead atoms. The summed E-state index contributed by atoms with van der Waals surface area (Å²) in [4.78, 5) is 25.6. The van der Waals surface area contributed by atoms with Gasteiger partial charge in [-0.25, -0.2) is 4.98 Å². The van der Waals surface area contributed by atoms with Crippen molar-refractivity contribution in [2.75, 3.05) is 62.8 Å². The van der Waals surface area contributed by atoms with Gasteiger partial charge in [0.1, 0.15) is 12.4 Å². The van der Waals surface area contributed by atoms with Crippen molar-refractivity contribution in [3.05, 3.63) is 48.0 Å². The van der Waals surface area contributed by atoms with Crippen LogP contribution in [0.3, 0.4) is 0 Å². The van der Waals surface area contributed by atoms with E-state index in [-0.39, 0.29) is 19.1 Å². The summed E-state index contributed by atoms with van der Waals surface area (Å²) in [6.45, 7) is 5.77. The summed E-state index contributed by atoms with van der Waals surface area (Å²) in [5.41, 5.74) is 3.13. The Kier molecular flexibility index (Phi) is 7.78. The molecule has 5 rings (SSSR count). The standard InChI is InChI=1S/C27H33N5O4/c33-17-19-36-24-10-7-20-4-3-5-22(26(20)29-24)32-15-13-31(14-16-32)12-1-2-18-35-25-11-8-21-6-9-23(34)28-27(21)30-25/h3-5,7-8,10-11,33H,1-2,6,9,12-19H2,(H,28,30,34). The molecule has 0 unspecified atom stereocenters. The summed E-state index contributed by atoms with van der Waals surface area (Å²) in [5, 5.41) is 12.9. The number of fused-ring (bicyclic) bond motifs is 2. The second-order valence-electron chi connectivity index (χ2n) is 9.16. The number of para-hydroxylation sites is 1. The number of carbonyl (C=O) groups is 1. The lowest BCUT2D eigenvalue weighted by molar-refractivity contribution is -0.116. The third-order valence-electron chi connectivity index (χ3n) is 6.68. The Hall–Kier alpha value is -3.43. The highest BCUT2D eigenvalue weighted by Crippen LogP contribution is 2.28. The van der Waals surface area contributed by atoms with Crippen LogP contribution < -0.4 is 19.7 Å². The molecule has 190 valence electrons. The highest BCUT2D eigenvalue weighted by Gasteiger charge is 2.20. The molecule has 2 aliphatic heterocycles. The molecule has 0 saturated carbocycles. The number of hydrogen-bond donors (Lipinski definition) is 2. The van der Waals surface area contributed by atoms with Crippen LogP contribution in [-0.2, 0) is 11.2 Å². The first-order valence-electron chi connectivity index (χ1n) is 12.7. The summed E-state index contributed by atoms with van der Waals surface area (Å²) >= 11 is 0. The molecule has 9 nitrogen and oxygen atoms in total. The molecular formula is C27H33N5O4. The van der Waals surface area contributed by atoms with Gasteiger partial charge in [-0.2, -0.15) is 4.98 Å². The van der Waals surface area contributed by atoms with Gasteiger partial charge in [-0.05, 0) is 49.6 Å². The van der Waals surface area contributed by atoms with Crippen molar-refractivity contribution in [2.24, 2.45) is 0 Å². The van der Waals surface area contributed by atoms with E-state index in [1.165, 1.54) is 0 Å². The number of unbranched alkanes of at least 4 members (excludes halogenated alkanes) is 1. The highest BCUT2D eigenvalue weighted by molar-refractivity contribution is 5.93. The fourth-order valence-corrected chi connectivity index (χ4v) is 4.73. The first-order chi connectivity index (χ1) is 17.7. The third kappa shape index (κ3) is 5.85. The average molecular weight is 492 g/mol. The smallest absolute Gasteiger partial charge is 0.225 e. The second kappa shape index (κ2) is 11.5. The number of aryl methyl sites for hydroxylation is 1. The van der Waals surface area contributed by atoms with Crippen molar-refractivity contribution >= 4 is 28.3 Å². The lowest BCUT2D eigenvalue weighted by atomic mass is 10.1. The average Bonchev–Trinajstić information content (AvgIpc) is 2.91. The van der Waals surface area contributed by atoms with Crippen molar-refractivity contribution in [3.63, 3.8) is 0 Å². The molecule has 2 aromatic heterocycles. The minimum Gasteiger partial charge on any atom is -0.478 e. The molecule has 2 N–H and O–H groups in total. The number of anilines is 2. The maximum absolute atomic E-state index is 11.6. The van der Waals surface area contributed by atoms with E-state index in [9.17, 15) is 4.79 Å². The van der Waals surface area contributed by atoms with Crippen molar-refractivity contribution in [3.8, 4) is 11.8 Å². The number of benzene rings is 1. The predicted molar refractivity (Wildman–Crippen MR) is 139 cm³/mol. The number of rotatable bonds is 10. The summed E-state index contributed by atoms with van der Waals surface area (Å²) < 4.78 is 11.4. The first-order valence-corrected chi connectivity index (χ1v) is 12.7. The number of hydrogen-bond acceptors (Lipinski definition) is 8. The number of nitrogens with one attached hydrogen (secondary N) is 1. The van der Waals surface area contributed by atoms with Crippen LogP contribution in [0.15, 0.2) is 42.5 Å². The number of nitrogens with zero attached hydrogens (tertiary/aromatic N) is 4. The number of ether oxygens (including phenoxy) is 2. The van der Waals surface area contributed by atoms with Crippen molar-refractivity contribution in [1.82, 2.24) is 14.9 Å². The highest BCUT2D eigenvalue weighted by atomic mass is 16.5. The Balaban J connectivity index is 1.07. The van der Waals surface area contributed by atoms with Gasteiger partial charge in [0.05, 0.1) is 24.4 Å². The van der Waals surface area contributed by atoms with E-state index in [0.717, 1.165) is 74.1 Å². The van der Waals surface area contributed by atoms with Gasteiger partial charge in [0.15, 0.2) is 0 Å². The number of aliphatic hydroxyl groups is 1. The zero-order chi connectivity index (χ0) is 24.7. The van der Waals surface area contributed by atoms with E-state index >= 15 is 0 Å². The lowest BCUT2D eigenvalue weighted by Gasteiger charge is -2.36. The Bertz CT molecular complexity index is 1200. The van der Waals surface area contributed by atoms with E-state index in [1.54, 1.807) is 0 Å². The molecule has 36 heavy (non-hydrogen) atoms. The van der Waals surface area contributed by atoms with Crippen LogP contribution in [0.1, 0.15) is 24.8 Å². The van der Waals surface area contributed by atoms with E-state index in [4.69, 9.17) is 19.6 Å². The van der Waals surface area contributed by atoms with Crippen LogP contribution >= 0.6 is 0 Å². The van der Waals surface area contributed by atoms with Crippen molar-refractivity contribution in [2.45, 2.75) is 25.7 Å². The fraction of sp³-hybridized carbons (Fsp3) is 0.444. The minimum atomic E-state index is -0.0278. The molecule has 2 aliphatic rings. The monoisotopic (exact) mass is 491 g/mol. The third-order valence-corrected chi connectivity index (χ3v) is 6.68. The molecule has 0 spiro atoms. The number of piperazine rings is 1. The predicted octanol–water partition coefficient (Wildman–Crippen LogP) is 2.87. The van der Waals surface area contributed by atoms with Gasteiger partial charge in [0.2, 0.25) is 17.7 Å². The molecule has 0 aliphatic carbocycles. The summed E-state index contributed by atoms with van der Waals surface area (Å²) in [6.07, 6.45) is 3.26. The Morgan fingerprint density at radius 1 is 0.889 bits per heavy atom. The van der Waals surface area contributed by atoms with Gasteiger partial charge >= 0.3 is 0 Å².